The predicted octanol–water partition coefficient (Wildman–Crippen LogP) is 2.67. The van der Waals surface area contributed by atoms with Crippen LogP contribution >= 0.6 is 0 Å². The molecule has 1 aromatic heterocycles. The average Bonchev–Trinajstić information content (AvgIpc) is 2.43. The summed E-state index contributed by atoms with van der Waals surface area (Å²) >= 11 is 0. The number of unbranched alkanes of at least 4 members (excludes halogenated alkanes) is 1. The van der Waals surface area contributed by atoms with E-state index in [2.05, 4.69) is 40.6 Å². The maximum atomic E-state index is 8.43. The molecule has 0 amide bonds. The molecule has 2 aromatic rings. The minimum atomic E-state index is 0.628. The predicted molar refractivity (Wildman–Crippen MR) is 73.2 cm³/mol. The van der Waals surface area contributed by atoms with Gasteiger partial charge in [0.2, 0.25) is 0 Å². The molecule has 0 unspecified atom stereocenters. The molecular weight excluding hydrogens is 222 g/mol. The van der Waals surface area contributed by atoms with E-state index < -0.39 is 0 Å². The number of para-hydroxylation sites is 1. The van der Waals surface area contributed by atoms with Crippen LogP contribution in [0.25, 0.3) is 10.9 Å². The molecule has 0 aliphatic heterocycles. The first-order valence-electron chi connectivity index (χ1n) is 6.32. The highest BCUT2D eigenvalue weighted by atomic mass is 14.8. The van der Waals surface area contributed by atoms with Crippen molar-refractivity contribution in [3.05, 3.63) is 42.1 Å². The maximum Gasteiger partial charge on any atom is 0.0734 e. The minimum Gasteiger partial charge on any atom is -0.316 e. The molecule has 0 radical (unpaired) electrons. The van der Waals surface area contributed by atoms with Gasteiger partial charge in [0.05, 0.1) is 11.6 Å². The van der Waals surface area contributed by atoms with Crippen LogP contribution in [0.15, 0.2) is 36.5 Å². The fourth-order valence-electron chi connectivity index (χ4n) is 2.01. The van der Waals surface area contributed by atoms with Gasteiger partial charge >= 0.3 is 0 Å². The molecule has 1 N–H and O–H groups in total. The lowest BCUT2D eigenvalue weighted by Crippen LogP contribution is -2.18. The van der Waals surface area contributed by atoms with Crippen molar-refractivity contribution in [1.29, 1.82) is 5.26 Å². The van der Waals surface area contributed by atoms with E-state index in [1.807, 2.05) is 12.3 Å². The smallest absolute Gasteiger partial charge is 0.0734 e. The minimum absolute atomic E-state index is 0.628. The number of rotatable bonds is 6. The molecular formula is C15H17N3. The van der Waals surface area contributed by atoms with Gasteiger partial charge in [-0.15, -0.1) is 0 Å². The molecule has 0 aliphatic carbocycles. The van der Waals surface area contributed by atoms with Crippen molar-refractivity contribution in [2.24, 2.45) is 0 Å². The molecule has 0 fully saturated rings. The van der Waals surface area contributed by atoms with Crippen LogP contribution in [0.3, 0.4) is 0 Å². The summed E-state index contributed by atoms with van der Waals surface area (Å²) in [6.07, 6.45) is 4.36. The topological polar surface area (TPSA) is 48.7 Å². The van der Waals surface area contributed by atoms with Crippen molar-refractivity contribution in [2.75, 3.05) is 13.1 Å². The van der Waals surface area contributed by atoms with Gasteiger partial charge in [0.15, 0.2) is 0 Å². The Bertz CT molecular complexity index is 537. The first-order chi connectivity index (χ1) is 8.92. The summed E-state index contributed by atoms with van der Waals surface area (Å²) in [5, 5.41) is 13.0. The normalized spacial score (nSPS) is 10.4. The summed E-state index contributed by atoms with van der Waals surface area (Å²) in [6.45, 7) is 1.84. The summed E-state index contributed by atoms with van der Waals surface area (Å²) in [5.41, 5.74) is 2.37. The van der Waals surface area contributed by atoms with Gasteiger partial charge in [-0.1, -0.05) is 24.3 Å². The van der Waals surface area contributed by atoms with Crippen LogP contribution in [0.4, 0.5) is 0 Å². The zero-order valence-electron chi connectivity index (χ0n) is 10.4. The van der Waals surface area contributed by atoms with Crippen LogP contribution in [0.2, 0.25) is 0 Å². The van der Waals surface area contributed by atoms with E-state index in [-0.39, 0.29) is 0 Å². The summed E-state index contributed by atoms with van der Waals surface area (Å²) in [4.78, 5) is 4.44. The number of pyridine rings is 1. The first kappa shape index (κ1) is 12.5. The zero-order valence-corrected chi connectivity index (χ0v) is 10.4. The molecule has 1 aromatic carbocycles. The van der Waals surface area contributed by atoms with Crippen molar-refractivity contribution < 1.29 is 0 Å². The summed E-state index contributed by atoms with van der Waals surface area (Å²) in [7, 11) is 0. The Labute approximate surface area is 107 Å². The van der Waals surface area contributed by atoms with Crippen molar-refractivity contribution in [3.63, 3.8) is 0 Å². The number of fused-ring (bicyclic) bond motifs is 1. The standard InChI is InChI=1S/C15H17N3/c16-9-1-2-10-17-12-8-14-6-3-5-13-7-4-11-18-15(13)14/h3-7,11,17H,1-2,8,10,12H2. The van der Waals surface area contributed by atoms with Crippen LogP contribution in [0.1, 0.15) is 18.4 Å². The Morgan fingerprint density at radius 1 is 1.17 bits per heavy atom. The van der Waals surface area contributed by atoms with Gasteiger partial charge in [0, 0.05) is 18.0 Å². The molecule has 3 nitrogen and oxygen atoms in total. The summed E-state index contributed by atoms with van der Waals surface area (Å²) in [5.74, 6) is 0. The number of nitrogens with one attached hydrogen (secondary N) is 1. The quantitative estimate of drug-likeness (QED) is 0.788. The van der Waals surface area contributed by atoms with Crippen molar-refractivity contribution in [3.8, 4) is 6.07 Å². The van der Waals surface area contributed by atoms with Gasteiger partial charge in [0.25, 0.3) is 0 Å². The van der Waals surface area contributed by atoms with E-state index in [0.717, 1.165) is 31.4 Å². The van der Waals surface area contributed by atoms with E-state index in [1.54, 1.807) is 0 Å². The molecule has 0 atom stereocenters. The lowest BCUT2D eigenvalue weighted by atomic mass is 10.1. The van der Waals surface area contributed by atoms with Crippen LogP contribution in [-0.2, 0) is 6.42 Å². The maximum absolute atomic E-state index is 8.43. The van der Waals surface area contributed by atoms with Gasteiger partial charge in [-0.05, 0) is 37.6 Å². The fourth-order valence-corrected chi connectivity index (χ4v) is 2.01. The van der Waals surface area contributed by atoms with Crippen molar-refractivity contribution in [1.82, 2.24) is 10.3 Å². The van der Waals surface area contributed by atoms with Crippen LogP contribution < -0.4 is 5.32 Å². The molecule has 2 rings (SSSR count). The molecule has 92 valence electrons. The number of hydrogen-bond acceptors (Lipinski definition) is 3. The average molecular weight is 239 g/mol. The SMILES string of the molecule is N#CCCCNCCc1cccc2cccnc12. The molecule has 0 spiro atoms. The Kier molecular flexibility index (Phi) is 4.68. The molecule has 0 aliphatic rings. The van der Waals surface area contributed by atoms with Crippen LogP contribution in [-0.4, -0.2) is 18.1 Å². The number of hydrogen-bond donors (Lipinski definition) is 1. The van der Waals surface area contributed by atoms with E-state index >= 15 is 0 Å². The second-order valence-electron chi connectivity index (χ2n) is 4.25. The van der Waals surface area contributed by atoms with Gasteiger partial charge in [-0.3, -0.25) is 4.98 Å². The number of benzene rings is 1. The highest BCUT2D eigenvalue weighted by Gasteiger charge is 2.00. The molecule has 1 heterocycles. The first-order valence-corrected chi connectivity index (χ1v) is 6.32. The highest BCUT2D eigenvalue weighted by molar-refractivity contribution is 5.81. The van der Waals surface area contributed by atoms with Crippen molar-refractivity contribution >= 4 is 10.9 Å². The van der Waals surface area contributed by atoms with Gasteiger partial charge in [-0.2, -0.15) is 5.26 Å². The van der Waals surface area contributed by atoms with Crippen LogP contribution in [0.5, 0.6) is 0 Å². The number of nitriles is 1. The van der Waals surface area contributed by atoms with Crippen LogP contribution in [0, 0.1) is 11.3 Å². The molecule has 0 bridgehead atoms. The van der Waals surface area contributed by atoms with Gasteiger partial charge in [-0.25, -0.2) is 0 Å². The number of aromatic nitrogens is 1. The Morgan fingerprint density at radius 2 is 2.06 bits per heavy atom. The third-order valence-corrected chi connectivity index (χ3v) is 2.93. The summed E-state index contributed by atoms with van der Waals surface area (Å²) < 4.78 is 0. The van der Waals surface area contributed by atoms with Gasteiger partial charge < -0.3 is 5.32 Å². The monoisotopic (exact) mass is 239 g/mol. The van der Waals surface area contributed by atoms with E-state index in [9.17, 15) is 0 Å². The third kappa shape index (κ3) is 3.28. The Hall–Kier alpha value is -1.92. The largest absolute Gasteiger partial charge is 0.316 e. The Balaban J connectivity index is 1.90. The van der Waals surface area contributed by atoms with E-state index in [0.29, 0.717) is 6.42 Å². The molecule has 0 saturated carbocycles. The third-order valence-electron chi connectivity index (χ3n) is 2.93. The lowest BCUT2D eigenvalue weighted by Gasteiger charge is -2.06. The van der Waals surface area contributed by atoms with Gasteiger partial charge in [0.1, 0.15) is 0 Å². The zero-order chi connectivity index (χ0) is 12.6. The van der Waals surface area contributed by atoms with Crippen molar-refractivity contribution in [2.45, 2.75) is 19.3 Å². The van der Waals surface area contributed by atoms with E-state index in [4.69, 9.17) is 5.26 Å². The second-order valence-corrected chi connectivity index (χ2v) is 4.25. The fraction of sp³-hybridized carbons (Fsp3) is 0.333. The molecule has 18 heavy (non-hydrogen) atoms. The second kappa shape index (κ2) is 6.73. The van der Waals surface area contributed by atoms with E-state index in [1.165, 1.54) is 10.9 Å². The number of nitrogens with zero attached hydrogens (tertiary/aromatic N) is 2. The molecule has 0 saturated heterocycles. The highest BCUT2D eigenvalue weighted by Crippen LogP contribution is 2.15. The molecule has 3 heteroatoms. The summed E-state index contributed by atoms with van der Waals surface area (Å²) in [6, 6.07) is 12.5. The Morgan fingerprint density at radius 3 is 2.94 bits per heavy atom. The lowest BCUT2D eigenvalue weighted by molar-refractivity contribution is 0.656.